The lowest BCUT2D eigenvalue weighted by molar-refractivity contribution is -0.340. The van der Waals surface area contributed by atoms with Crippen molar-refractivity contribution in [2.75, 3.05) is 0 Å². The predicted molar refractivity (Wildman–Crippen MR) is 47.3 cm³/mol. The van der Waals surface area contributed by atoms with Crippen molar-refractivity contribution in [1.29, 1.82) is 0 Å². The summed E-state index contributed by atoms with van der Waals surface area (Å²) in [5.41, 5.74) is 2.15. The summed E-state index contributed by atoms with van der Waals surface area (Å²) in [5.74, 6) is 0. The lowest BCUT2D eigenvalue weighted by Crippen LogP contribution is -2.24. The molecule has 0 rings (SSSR count). The minimum absolute atomic E-state index is 0.593. The second kappa shape index (κ2) is 6.20. The van der Waals surface area contributed by atoms with Crippen molar-refractivity contribution in [3.05, 3.63) is 24.4 Å². The molecule has 6 heteroatoms. The maximum Gasteiger partial charge on any atom is 0.543 e. The van der Waals surface area contributed by atoms with Crippen molar-refractivity contribution in [3.63, 3.8) is 0 Å². The molecule has 14 heavy (non-hydrogen) atoms. The Hall–Kier alpha value is -1.30. The molecule has 0 heterocycles. The number of hydrogen-bond acceptors (Lipinski definition) is 2. The van der Waals surface area contributed by atoms with E-state index in [9.17, 15) is 13.2 Å². The maximum absolute atomic E-state index is 11.4. The van der Waals surface area contributed by atoms with Crippen LogP contribution in [0.25, 0.3) is 0 Å². The van der Waals surface area contributed by atoms with Crippen LogP contribution < -0.4 is 5.48 Å². The standard InChI is InChI=1S/C8H11F3N2O/c1-3-5-7(4-2)12-6-13-14-8(9,10)11/h3,5-6H,1,4H2,2H3,(H,12,13)/b7-5+. The van der Waals surface area contributed by atoms with Gasteiger partial charge >= 0.3 is 6.36 Å². The summed E-state index contributed by atoms with van der Waals surface area (Å²) >= 11 is 0. The summed E-state index contributed by atoms with van der Waals surface area (Å²) in [6.45, 7) is 5.25. The number of rotatable bonds is 5. The van der Waals surface area contributed by atoms with Gasteiger partial charge < -0.3 is 0 Å². The van der Waals surface area contributed by atoms with E-state index in [1.54, 1.807) is 11.6 Å². The summed E-state index contributed by atoms with van der Waals surface area (Å²) in [6.07, 6.45) is -0.199. The molecule has 0 atom stereocenters. The molecule has 0 fully saturated rings. The Labute approximate surface area is 79.9 Å². The first-order chi connectivity index (χ1) is 6.49. The monoisotopic (exact) mass is 208 g/mol. The van der Waals surface area contributed by atoms with Crippen molar-refractivity contribution in [2.45, 2.75) is 19.7 Å². The summed E-state index contributed by atoms with van der Waals surface area (Å²) < 4.78 is 34.3. The molecule has 0 unspecified atom stereocenters. The largest absolute Gasteiger partial charge is 0.543 e. The topological polar surface area (TPSA) is 33.6 Å². The number of halogens is 3. The Morgan fingerprint density at radius 2 is 2.21 bits per heavy atom. The molecule has 0 saturated carbocycles. The zero-order valence-electron chi connectivity index (χ0n) is 7.64. The fourth-order valence-corrected chi connectivity index (χ4v) is 0.591. The highest BCUT2D eigenvalue weighted by molar-refractivity contribution is 5.54. The third-order valence-electron chi connectivity index (χ3n) is 1.13. The van der Waals surface area contributed by atoms with Gasteiger partial charge in [0, 0.05) is 5.70 Å². The highest BCUT2D eigenvalue weighted by Gasteiger charge is 2.29. The number of aliphatic imine (C=N–C) groups is 1. The number of nitrogens with zero attached hydrogens (tertiary/aromatic N) is 1. The smallest absolute Gasteiger partial charge is 0.247 e. The lowest BCUT2D eigenvalue weighted by atomic mass is 10.3. The molecule has 0 saturated heterocycles. The van der Waals surface area contributed by atoms with Gasteiger partial charge in [-0.2, -0.15) is 4.84 Å². The van der Waals surface area contributed by atoms with Crippen LogP contribution in [0.15, 0.2) is 29.4 Å². The Morgan fingerprint density at radius 3 is 2.64 bits per heavy atom. The normalized spacial score (nSPS) is 13.3. The second-order valence-corrected chi connectivity index (χ2v) is 2.17. The maximum atomic E-state index is 11.4. The first-order valence-electron chi connectivity index (χ1n) is 3.84. The lowest BCUT2D eigenvalue weighted by Gasteiger charge is -2.04. The molecule has 0 spiro atoms. The van der Waals surface area contributed by atoms with Gasteiger partial charge in [0.25, 0.3) is 0 Å². The van der Waals surface area contributed by atoms with Crippen LogP contribution in [0.1, 0.15) is 13.3 Å². The molecule has 3 nitrogen and oxygen atoms in total. The van der Waals surface area contributed by atoms with Gasteiger partial charge in [0.15, 0.2) is 0 Å². The number of alkyl halides is 3. The molecule has 0 aromatic rings. The highest BCUT2D eigenvalue weighted by atomic mass is 19.4. The van der Waals surface area contributed by atoms with Gasteiger partial charge in [-0.15, -0.1) is 13.2 Å². The summed E-state index contributed by atoms with van der Waals surface area (Å²) in [6, 6.07) is 0. The molecule has 80 valence electrons. The summed E-state index contributed by atoms with van der Waals surface area (Å²) in [5, 5.41) is 0. The Bertz CT molecular complexity index is 233. The van der Waals surface area contributed by atoms with E-state index in [2.05, 4.69) is 16.4 Å². The quantitative estimate of drug-likeness (QED) is 0.326. The molecule has 0 amide bonds. The average Bonchev–Trinajstić information content (AvgIpc) is 2.08. The molecule has 0 aromatic heterocycles. The number of hydroxylamine groups is 1. The van der Waals surface area contributed by atoms with E-state index >= 15 is 0 Å². The van der Waals surface area contributed by atoms with Crippen LogP contribution in [0, 0.1) is 0 Å². The van der Waals surface area contributed by atoms with Gasteiger partial charge in [0.1, 0.15) is 6.34 Å². The van der Waals surface area contributed by atoms with E-state index < -0.39 is 6.36 Å². The zero-order valence-corrected chi connectivity index (χ0v) is 7.64. The van der Waals surface area contributed by atoms with Crippen LogP contribution in [0.4, 0.5) is 13.2 Å². The van der Waals surface area contributed by atoms with Crippen molar-refractivity contribution >= 4 is 6.34 Å². The van der Waals surface area contributed by atoms with Crippen LogP contribution >= 0.6 is 0 Å². The van der Waals surface area contributed by atoms with E-state index in [0.29, 0.717) is 12.1 Å². The predicted octanol–water partition coefficient (Wildman–Crippen LogP) is 2.54. The fourth-order valence-electron chi connectivity index (χ4n) is 0.591. The molecule has 0 radical (unpaired) electrons. The minimum Gasteiger partial charge on any atom is -0.247 e. The van der Waals surface area contributed by atoms with Gasteiger partial charge in [0.2, 0.25) is 0 Å². The Balaban J connectivity index is 3.93. The molecule has 0 aromatic carbocycles. The van der Waals surface area contributed by atoms with Gasteiger partial charge in [-0.05, 0) is 12.5 Å². The van der Waals surface area contributed by atoms with Gasteiger partial charge in [-0.25, -0.2) is 10.5 Å². The summed E-state index contributed by atoms with van der Waals surface area (Å²) in [7, 11) is 0. The Morgan fingerprint density at radius 1 is 1.57 bits per heavy atom. The second-order valence-electron chi connectivity index (χ2n) is 2.17. The van der Waals surface area contributed by atoms with E-state index in [4.69, 9.17) is 0 Å². The van der Waals surface area contributed by atoms with Crippen molar-refractivity contribution in [3.8, 4) is 0 Å². The van der Waals surface area contributed by atoms with Crippen molar-refractivity contribution in [1.82, 2.24) is 5.48 Å². The van der Waals surface area contributed by atoms with E-state index in [-0.39, 0.29) is 0 Å². The molecule has 0 aliphatic rings. The SMILES string of the molecule is C=C/C=C(\CC)N=CNOC(F)(F)F. The van der Waals surface area contributed by atoms with Crippen LogP contribution in [0.2, 0.25) is 0 Å². The van der Waals surface area contributed by atoms with E-state index in [0.717, 1.165) is 6.34 Å². The molecular weight excluding hydrogens is 197 g/mol. The van der Waals surface area contributed by atoms with Crippen LogP contribution in [-0.4, -0.2) is 12.7 Å². The third kappa shape index (κ3) is 7.35. The molecule has 0 aliphatic heterocycles. The third-order valence-corrected chi connectivity index (χ3v) is 1.13. The van der Waals surface area contributed by atoms with E-state index in [1.807, 2.05) is 6.92 Å². The summed E-state index contributed by atoms with van der Waals surface area (Å²) in [4.78, 5) is 6.91. The fraction of sp³-hybridized carbons (Fsp3) is 0.375. The number of nitrogens with one attached hydrogen (secondary N) is 1. The molecule has 1 N–H and O–H groups in total. The molecule has 0 bridgehead atoms. The number of allylic oxidation sites excluding steroid dienone is 3. The molecule has 0 aliphatic carbocycles. The number of hydrogen-bond donors (Lipinski definition) is 1. The van der Waals surface area contributed by atoms with Gasteiger partial charge in [0.05, 0.1) is 0 Å². The van der Waals surface area contributed by atoms with Gasteiger partial charge in [-0.3, -0.25) is 0 Å². The van der Waals surface area contributed by atoms with E-state index in [1.165, 1.54) is 6.08 Å². The van der Waals surface area contributed by atoms with Crippen molar-refractivity contribution in [2.24, 2.45) is 4.99 Å². The minimum atomic E-state index is -4.71. The average molecular weight is 208 g/mol. The Kier molecular flexibility index (Phi) is 5.62. The zero-order chi connectivity index (χ0) is 11.0. The first kappa shape index (κ1) is 12.7. The van der Waals surface area contributed by atoms with Crippen LogP contribution in [-0.2, 0) is 4.84 Å². The molecular formula is C8H11F3N2O. The van der Waals surface area contributed by atoms with Crippen molar-refractivity contribution < 1.29 is 18.0 Å². The highest BCUT2D eigenvalue weighted by Crippen LogP contribution is 2.13. The van der Waals surface area contributed by atoms with Crippen LogP contribution in [0.3, 0.4) is 0 Å². The van der Waals surface area contributed by atoms with Crippen LogP contribution in [0.5, 0.6) is 0 Å². The van der Waals surface area contributed by atoms with Gasteiger partial charge in [-0.1, -0.05) is 19.6 Å². The first-order valence-corrected chi connectivity index (χ1v) is 3.84.